The third kappa shape index (κ3) is 3.17. The zero-order valence-electron chi connectivity index (χ0n) is 10.2. The molecule has 2 N–H and O–H groups in total. The standard InChI is InChI=1S/C13H12N2O3S/c1-8(10-4-5-19-7-10)15-12(16)11-3-2-9(6-14-11)13(17)18/h2-8H,1H3,(H,15,16)(H,17,18). The van der Waals surface area contributed by atoms with Crippen LogP contribution in [-0.4, -0.2) is 22.0 Å². The topological polar surface area (TPSA) is 79.3 Å². The molecular weight excluding hydrogens is 264 g/mol. The van der Waals surface area contributed by atoms with E-state index in [1.165, 1.54) is 18.3 Å². The van der Waals surface area contributed by atoms with Crippen molar-refractivity contribution in [2.45, 2.75) is 13.0 Å². The minimum absolute atomic E-state index is 0.0578. The van der Waals surface area contributed by atoms with E-state index in [9.17, 15) is 9.59 Å². The van der Waals surface area contributed by atoms with Gasteiger partial charge in [0.15, 0.2) is 0 Å². The van der Waals surface area contributed by atoms with Crippen LogP contribution in [0, 0.1) is 0 Å². The normalized spacial score (nSPS) is 11.8. The molecule has 0 saturated carbocycles. The lowest BCUT2D eigenvalue weighted by Crippen LogP contribution is -2.27. The van der Waals surface area contributed by atoms with Crippen LogP contribution in [0.25, 0.3) is 0 Å². The first-order chi connectivity index (χ1) is 9.08. The van der Waals surface area contributed by atoms with Crippen LogP contribution in [0.4, 0.5) is 0 Å². The smallest absolute Gasteiger partial charge is 0.337 e. The van der Waals surface area contributed by atoms with Crippen LogP contribution in [0.5, 0.6) is 0 Å². The summed E-state index contributed by atoms with van der Waals surface area (Å²) in [6.45, 7) is 1.88. The number of amides is 1. The van der Waals surface area contributed by atoms with E-state index in [1.807, 2.05) is 23.8 Å². The number of carbonyl (C=O) groups is 2. The predicted octanol–water partition coefficient (Wildman–Crippen LogP) is 2.33. The van der Waals surface area contributed by atoms with Crippen LogP contribution >= 0.6 is 11.3 Å². The van der Waals surface area contributed by atoms with Crippen LogP contribution in [0.1, 0.15) is 39.4 Å². The molecule has 19 heavy (non-hydrogen) atoms. The molecule has 2 aromatic heterocycles. The average Bonchev–Trinajstić information content (AvgIpc) is 2.92. The van der Waals surface area contributed by atoms with Gasteiger partial charge >= 0.3 is 5.97 Å². The molecule has 98 valence electrons. The van der Waals surface area contributed by atoms with Crippen molar-refractivity contribution >= 4 is 23.2 Å². The van der Waals surface area contributed by atoms with Crippen molar-refractivity contribution < 1.29 is 14.7 Å². The highest BCUT2D eigenvalue weighted by molar-refractivity contribution is 7.07. The minimum atomic E-state index is -1.06. The Bertz CT molecular complexity index is 578. The molecule has 6 heteroatoms. The number of hydrogen-bond acceptors (Lipinski definition) is 4. The summed E-state index contributed by atoms with van der Waals surface area (Å²) < 4.78 is 0. The highest BCUT2D eigenvalue weighted by atomic mass is 32.1. The zero-order valence-corrected chi connectivity index (χ0v) is 11.0. The van der Waals surface area contributed by atoms with Crippen molar-refractivity contribution in [1.82, 2.24) is 10.3 Å². The fraction of sp³-hybridized carbons (Fsp3) is 0.154. The third-order valence-electron chi connectivity index (χ3n) is 2.63. The summed E-state index contributed by atoms with van der Waals surface area (Å²) in [5.74, 6) is -1.39. The molecule has 0 aliphatic carbocycles. The number of nitrogens with one attached hydrogen (secondary N) is 1. The molecule has 0 aromatic carbocycles. The lowest BCUT2D eigenvalue weighted by molar-refractivity contribution is 0.0695. The summed E-state index contributed by atoms with van der Waals surface area (Å²) in [6, 6.07) is 4.59. The van der Waals surface area contributed by atoms with Crippen molar-refractivity contribution in [1.29, 1.82) is 0 Å². The number of aromatic carboxylic acids is 1. The first kappa shape index (κ1) is 13.2. The van der Waals surface area contributed by atoms with E-state index in [-0.39, 0.29) is 23.2 Å². The Labute approximate surface area is 113 Å². The van der Waals surface area contributed by atoms with E-state index in [4.69, 9.17) is 5.11 Å². The highest BCUT2D eigenvalue weighted by Gasteiger charge is 2.13. The molecule has 1 amide bonds. The first-order valence-corrected chi connectivity index (χ1v) is 6.54. The van der Waals surface area contributed by atoms with Gasteiger partial charge in [0.05, 0.1) is 11.6 Å². The van der Waals surface area contributed by atoms with E-state index in [2.05, 4.69) is 10.3 Å². The van der Waals surface area contributed by atoms with Crippen LogP contribution in [0.2, 0.25) is 0 Å². The van der Waals surface area contributed by atoms with E-state index < -0.39 is 5.97 Å². The van der Waals surface area contributed by atoms with Gasteiger partial charge < -0.3 is 10.4 Å². The maximum atomic E-state index is 11.9. The highest BCUT2D eigenvalue weighted by Crippen LogP contribution is 2.15. The van der Waals surface area contributed by atoms with Gasteiger partial charge in [-0.3, -0.25) is 9.78 Å². The van der Waals surface area contributed by atoms with Gasteiger partial charge in [-0.2, -0.15) is 11.3 Å². The molecule has 0 saturated heterocycles. The van der Waals surface area contributed by atoms with E-state index >= 15 is 0 Å². The number of hydrogen-bond donors (Lipinski definition) is 2. The molecular formula is C13H12N2O3S. The van der Waals surface area contributed by atoms with Crippen molar-refractivity contribution in [3.63, 3.8) is 0 Å². The second kappa shape index (κ2) is 5.62. The molecule has 2 heterocycles. The number of thiophene rings is 1. The molecule has 0 radical (unpaired) electrons. The number of carboxylic acid groups (broad SMARTS) is 1. The van der Waals surface area contributed by atoms with Gasteiger partial charge in [-0.15, -0.1) is 0 Å². The Balaban J connectivity index is 2.05. The SMILES string of the molecule is CC(NC(=O)c1ccc(C(=O)O)cn1)c1ccsc1. The van der Waals surface area contributed by atoms with E-state index in [0.717, 1.165) is 5.56 Å². The molecule has 0 spiro atoms. The fourth-order valence-corrected chi connectivity index (χ4v) is 2.28. The molecule has 2 aromatic rings. The zero-order chi connectivity index (χ0) is 13.8. The average molecular weight is 276 g/mol. The van der Waals surface area contributed by atoms with Crippen molar-refractivity contribution in [3.8, 4) is 0 Å². The number of pyridine rings is 1. The van der Waals surface area contributed by atoms with Gasteiger partial charge in [-0.1, -0.05) is 0 Å². The summed E-state index contributed by atoms with van der Waals surface area (Å²) in [4.78, 5) is 26.4. The largest absolute Gasteiger partial charge is 0.478 e. The lowest BCUT2D eigenvalue weighted by atomic mass is 10.2. The Morgan fingerprint density at radius 3 is 2.68 bits per heavy atom. The molecule has 1 unspecified atom stereocenters. The minimum Gasteiger partial charge on any atom is -0.478 e. The first-order valence-electron chi connectivity index (χ1n) is 5.60. The summed E-state index contributed by atoms with van der Waals surface area (Å²) in [6.07, 6.45) is 1.17. The van der Waals surface area contributed by atoms with Crippen molar-refractivity contribution in [2.24, 2.45) is 0 Å². The summed E-state index contributed by atoms with van der Waals surface area (Å²) in [5.41, 5.74) is 1.29. The van der Waals surface area contributed by atoms with Crippen molar-refractivity contribution in [3.05, 3.63) is 52.0 Å². The fourth-order valence-electron chi connectivity index (χ4n) is 1.53. The Morgan fingerprint density at radius 2 is 2.16 bits per heavy atom. The summed E-state index contributed by atoms with van der Waals surface area (Å²) >= 11 is 1.56. The summed E-state index contributed by atoms with van der Waals surface area (Å²) in [5, 5.41) is 15.5. The lowest BCUT2D eigenvalue weighted by Gasteiger charge is -2.12. The van der Waals surface area contributed by atoms with Crippen LogP contribution in [0.15, 0.2) is 35.2 Å². The molecule has 2 rings (SSSR count). The number of rotatable bonds is 4. The van der Waals surface area contributed by atoms with Crippen molar-refractivity contribution in [2.75, 3.05) is 0 Å². The molecule has 5 nitrogen and oxygen atoms in total. The monoisotopic (exact) mass is 276 g/mol. The number of carbonyl (C=O) groups excluding carboxylic acids is 1. The quantitative estimate of drug-likeness (QED) is 0.898. The summed E-state index contributed by atoms with van der Waals surface area (Å²) in [7, 11) is 0. The molecule has 0 aliphatic heterocycles. The van der Waals surface area contributed by atoms with Gasteiger partial charge in [-0.05, 0) is 41.4 Å². The number of carboxylic acids is 1. The molecule has 0 aliphatic rings. The Kier molecular flexibility index (Phi) is 3.91. The molecule has 1 atom stereocenters. The van der Waals surface area contributed by atoms with Gasteiger partial charge in [0, 0.05) is 6.20 Å². The second-order valence-electron chi connectivity index (χ2n) is 3.99. The molecule has 0 bridgehead atoms. The van der Waals surface area contributed by atoms with Gasteiger partial charge in [0.2, 0.25) is 0 Å². The van der Waals surface area contributed by atoms with E-state index in [1.54, 1.807) is 11.3 Å². The van der Waals surface area contributed by atoms with Gasteiger partial charge in [0.25, 0.3) is 5.91 Å². The second-order valence-corrected chi connectivity index (χ2v) is 4.77. The van der Waals surface area contributed by atoms with Crippen LogP contribution in [0.3, 0.4) is 0 Å². The maximum Gasteiger partial charge on any atom is 0.337 e. The third-order valence-corrected chi connectivity index (χ3v) is 3.34. The number of nitrogens with zero attached hydrogens (tertiary/aromatic N) is 1. The van der Waals surface area contributed by atoms with Crippen LogP contribution < -0.4 is 5.32 Å². The van der Waals surface area contributed by atoms with Gasteiger partial charge in [0.1, 0.15) is 5.69 Å². The van der Waals surface area contributed by atoms with Gasteiger partial charge in [-0.25, -0.2) is 4.79 Å². The van der Waals surface area contributed by atoms with E-state index in [0.29, 0.717) is 0 Å². The number of aromatic nitrogens is 1. The maximum absolute atomic E-state index is 11.9. The molecule has 0 fully saturated rings. The Hall–Kier alpha value is -2.21. The predicted molar refractivity (Wildman–Crippen MR) is 71.4 cm³/mol. The Morgan fingerprint density at radius 1 is 1.37 bits per heavy atom. The van der Waals surface area contributed by atoms with Crippen LogP contribution in [-0.2, 0) is 0 Å².